The van der Waals surface area contributed by atoms with Gasteiger partial charge in [-0.2, -0.15) is 0 Å². The Morgan fingerprint density at radius 3 is 2.47 bits per heavy atom. The van der Waals surface area contributed by atoms with E-state index in [1.54, 1.807) is 7.11 Å². The normalized spacial score (nSPS) is 22.3. The summed E-state index contributed by atoms with van der Waals surface area (Å²) in [5.74, 6) is -0.621. The molecule has 0 aromatic rings. The Labute approximate surface area is 104 Å². The number of carboxylic acid groups (broad SMARTS) is 1. The highest BCUT2D eigenvalue weighted by Crippen LogP contribution is 2.35. The number of carboxylic acids is 1. The van der Waals surface area contributed by atoms with Gasteiger partial charge in [0.15, 0.2) is 0 Å². The second-order valence-electron chi connectivity index (χ2n) is 5.11. The van der Waals surface area contributed by atoms with Gasteiger partial charge in [0.1, 0.15) is 0 Å². The standard InChI is InChI=1S/C13H25NO3/c1-4-13(12(15)16)6-8-14(9-7-13)11(2)5-10-17-3/h11H,4-10H2,1-3H3,(H,15,16). The van der Waals surface area contributed by atoms with Crippen molar-refractivity contribution >= 4 is 5.97 Å². The van der Waals surface area contributed by atoms with E-state index in [0.717, 1.165) is 45.4 Å². The van der Waals surface area contributed by atoms with Crippen LogP contribution in [0.3, 0.4) is 0 Å². The van der Waals surface area contributed by atoms with E-state index in [1.807, 2.05) is 6.92 Å². The van der Waals surface area contributed by atoms with E-state index in [9.17, 15) is 9.90 Å². The zero-order chi connectivity index (χ0) is 12.9. The third-order valence-corrected chi connectivity index (χ3v) is 4.25. The molecule has 100 valence electrons. The number of methoxy groups -OCH3 is 1. The molecule has 0 radical (unpaired) electrons. The Morgan fingerprint density at radius 1 is 1.47 bits per heavy atom. The van der Waals surface area contributed by atoms with Gasteiger partial charge in [0.25, 0.3) is 0 Å². The Morgan fingerprint density at radius 2 is 2.06 bits per heavy atom. The average Bonchev–Trinajstić information content (AvgIpc) is 2.35. The van der Waals surface area contributed by atoms with Gasteiger partial charge in [-0.15, -0.1) is 0 Å². The van der Waals surface area contributed by atoms with Crippen molar-refractivity contribution in [2.75, 3.05) is 26.8 Å². The van der Waals surface area contributed by atoms with Crippen LogP contribution in [0.4, 0.5) is 0 Å². The molecule has 0 bridgehead atoms. The number of aliphatic carboxylic acids is 1. The predicted octanol–water partition coefficient (Wildman–Crippen LogP) is 1.99. The molecule has 0 aromatic carbocycles. The summed E-state index contributed by atoms with van der Waals surface area (Å²) < 4.78 is 5.08. The lowest BCUT2D eigenvalue weighted by atomic mass is 9.76. The van der Waals surface area contributed by atoms with E-state index < -0.39 is 11.4 Å². The smallest absolute Gasteiger partial charge is 0.309 e. The molecule has 1 unspecified atom stereocenters. The fourth-order valence-corrected chi connectivity index (χ4v) is 2.58. The molecular weight excluding hydrogens is 218 g/mol. The lowest BCUT2D eigenvalue weighted by molar-refractivity contribution is -0.152. The molecule has 0 aliphatic carbocycles. The van der Waals surface area contributed by atoms with E-state index in [4.69, 9.17) is 4.74 Å². The van der Waals surface area contributed by atoms with Gasteiger partial charge in [-0.1, -0.05) is 6.92 Å². The molecule has 0 aromatic heterocycles. The van der Waals surface area contributed by atoms with Crippen molar-refractivity contribution in [3.8, 4) is 0 Å². The molecule has 0 saturated carbocycles. The van der Waals surface area contributed by atoms with Gasteiger partial charge < -0.3 is 14.7 Å². The van der Waals surface area contributed by atoms with E-state index in [1.165, 1.54) is 0 Å². The number of hydrogen-bond acceptors (Lipinski definition) is 3. The van der Waals surface area contributed by atoms with Crippen LogP contribution in [0.5, 0.6) is 0 Å². The Bertz CT molecular complexity index is 247. The highest BCUT2D eigenvalue weighted by atomic mass is 16.5. The topological polar surface area (TPSA) is 49.8 Å². The van der Waals surface area contributed by atoms with Crippen LogP contribution in [0.1, 0.15) is 39.5 Å². The predicted molar refractivity (Wildman–Crippen MR) is 67.1 cm³/mol. The molecule has 0 spiro atoms. The van der Waals surface area contributed by atoms with Crippen LogP contribution in [0, 0.1) is 5.41 Å². The van der Waals surface area contributed by atoms with Crippen LogP contribution in [0.15, 0.2) is 0 Å². The quantitative estimate of drug-likeness (QED) is 0.775. The maximum Gasteiger partial charge on any atom is 0.309 e. The summed E-state index contributed by atoms with van der Waals surface area (Å²) in [6, 6.07) is 0.485. The first kappa shape index (κ1) is 14.5. The largest absolute Gasteiger partial charge is 0.481 e. The molecule has 17 heavy (non-hydrogen) atoms. The van der Waals surface area contributed by atoms with E-state index >= 15 is 0 Å². The minimum absolute atomic E-state index is 0.475. The van der Waals surface area contributed by atoms with Gasteiger partial charge in [-0.05, 0) is 45.7 Å². The molecule has 1 fully saturated rings. The minimum atomic E-state index is -0.621. The van der Waals surface area contributed by atoms with E-state index in [0.29, 0.717) is 6.04 Å². The first-order valence-electron chi connectivity index (χ1n) is 6.52. The third-order valence-electron chi connectivity index (χ3n) is 4.25. The molecule has 4 heteroatoms. The number of piperidine rings is 1. The molecule has 1 N–H and O–H groups in total. The van der Waals surface area contributed by atoms with Crippen LogP contribution in [0.2, 0.25) is 0 Å². The zero-order valence-electron chi connectivity index (χ0n) is 11.2. The first-order valence-corrected chi connectivity index (χ1v) is 6.52. The minimum Gasteiger partial charge on any atom is -0.481 e. The number of likely N-dealkylation sites (tertiary alicyclic amines) is 1. The lowest BCUT2D eigenvalue weighted by Crippen LogP contribution is -2.47. The zero-order valence-corrected chi connectivity index (χ0v) is 11.2. The average molecular weight is 243 g/mol. The summed E-state index contributed by atoms with van der Waals surface area (Å²) in [6.45, 7) is 6.74. The van der Waals surface area contributed by atoms with Gasteiger partial charge in [0.05, 0.1) is 5.41 Å². The summed E-state index contributed by atoms with van der Waals surface area (Å²) in [4.78, 5) is 13.7. The molecule has 4 nitrogen and oxygen atoms in total. The summed E-state index contributed by atoms with van der Waals surface area (Å²) in [7, 11) is 1.72. The van der Waals surface area contributed by atoms with Gasteiger partial charge in [-0.25, -0.2) is 0 Å². The fourth-order valence-electron chi connectivity index (χ4n) is 2.58. The highest BCUT2D eigenvalue weighted by Gasteiger charge is 2.40. The Hall–Kier alpha value is -0.610. The first-order chi connectivity index (χ1) is 8.05. The van der Waals surface area contributed by atoms with Crippen molar-refractivity contribution in [3.05, 3.63) is 0 Å². The van der Waals surface area contributed by atoms with Crippen molar-refractivity contribution in [2.45, 2.75) is 45.6 Å². The molecule has 1 aliphatic rings. The van der Waals surface area contributed by atoms with Crippen molar-refractivity contribution in [1.82, 2.24) is 4.90 Å². The molecular formula is C13H25NO3. The molecule has 0 amide bonds. The molecule has 1 atom stereocenters. The van der Waals surface area contributed by atoms with Gasteiger partial charge in [-0.3, -0.25) is 4.79 Å². The Balaban J connectivity index is 2.46. The molecule has 1 rings (SSSR count). The number of ether oxygens (including phenoxy) is 1. The molecule has 1 saturated heterocycles. The highest BCUT2D eigenvalue weighted by molar-refractivity contribution is 5.74. The van der Waals surface area contributed by atoms with Crippen LogP contribution in [-0.4, -0.2) is 48.8 Å². The van der Waals surface area contributed by atoms with Gasteiger partial charge in [0.2, 0.25) is 0 Å². The number of nitrogens with zero attached hydrogens (tertiary/aromatic N) is 1. The summed E-state index contributed by atoms with van der Waals surface area (Å²) in [5, 5.41) is 9.32. The molecule has 1 heterocycles. The van der Waals surface area contributed by atoms with Crippen LogP contribution in [-0.2, 0) is 9.53 Å². The third kappa shape index (κ3) is 3.42. The summed E-state index contributed by atoms with van der Waals surface area (Å²) in [6.07, 6.45) is 3.30. The van der Waals surface area contributed by atoms with E-state index in [2.05, 4.69) is 11.8 Å². The molecule has 1 aliphatic heterocycles. The number of hydrogen-bond donors (Lipinski definition) is 1. The maximum absolute atomic E-state index is 11.3. The second-order valence-corrected chi connectivity index (χ2v) is 5.11. The van der Waals surface area contributed by atoms with E-state index in [-0.39, 0.29) is 0 Å². The SMILES string of the molecule is CCC1(C(=O)O)CCN(C(C)CCOC)CC1. The van der Waals surface area contributed by atoms with Crippen molar-refractivity contribution in [1.29, 1.82) is 0 Å². The van der Waals surface area contributed by atoms with Gasteiger partial charge >= 0.3 is 5.97 Å². The van der Waals surface area contributed by atoms with Gasteiger partial charge in [0, 0.05) is 19.8 Å². The van der Waals surface area contributed by atoms with Crippen molar-refractivity contribution in [2.24, 2.45) is 5.41 Å². The van der Waals surface area contributed by atoms with Crippen LogP contribution < -0.4 is 0 Å². The Kier molecular flexibility index (Phi) is 5.40. The van der Waals surface area contributed by atoms with Crippen molar-refractivity contribution in [3.63, 3.8) is 0 Å². The fraction of sp³-hybridized carbons (Fsp3) is 0.923. The number of rotatable bonds is 6. The lowest BCUT2D eigenvalue weighted by Gasteiger charge is -2.41. The van der Waals surface area contributed by atoms with Crippen molar-refractivity contribution < 1.29 is 14.6 Å². The maximum atomic E-state index is 11.3. The summed E-state index contributed by atoms with van der Waals surface area (Å²) in [5.41, 5.74) is -0.475. The summed E-state index contributed by atoms with van der Waals surface area (Å²) >= 11 is 0. The second kappa shape index (κ2) is 6.36. The monoisotopic (exact) mass is 243 g/mol. The van der Waals surface area contributed by atoms with Crippen LogP contribution >= 0.6 is 0 Å². The van der Waals surface area contributed by atoms with Crippen LogP contribution in [0.25, 0.3) is 0 Å². The number of carbonyl (C=O) groups is 1.